The van der Waals surface area contributed by atoms with Gasteiger partial charge in [0.2, 0.25) is 0 Å². The molecule has 0 N–H and O–H groups in total. The van der Waals surface area contributed by atoms with Crippen LogP contribution in [0.5, 0.6) is 0 Å². The van der Waals surface area contributed by atoms with E-state index in [0.29, 0.717) is 13.0 Å². The van der Waals surface area contributed by atoms with Crippen LogP contribution in [0.4, 0.5) is 4.39 Å². The van der Waals surface area contributed by atoms with Gasteiger partial charge in [-0.15, -0.1) is 0 Å². The Labute approximate surface area is 89.9 Å². The van der Waals surface area contributed by atoms with Crippen molar-refractivity contribution in [3.63, 3.8) is 0 Å². The van der Waals surface area contributed by atoms with E-state index in [9.17, 15) is 4.39 Å². The first-order chi connectivity index (χ1) is 7.13. The zero-order valence-corrected chi connectivity index (χ0v) is 9.07. The Balaban J connectivity index is 2.58. The molecule has 0 fully saturated rings. The van der Waals surface area contributed by atoms with Crippen molar-refractivity contribution in [2.45, 2.75) is 25.9 Å². The van der Waals surface area contributed by atoms with Crippen LogP contribution >= 0.6 is 0 Å². The van der Waals surface area contributed by atoms with Crippen LogP contribution in [0.15, 0.2) is 24.3 Å². The molecule has 1 rings (SSSR count). The maximum absolute atomic E-state index is 12.9. The van der Waals surface area contributed by atoms with Crippen LogP contribution in [0.3, 0.4) is 0 Å². The van der Waals surface area contributed by atoms with Gasteiger partial charge in [0.15, 0.2) is 0 Å². The van der Waals surface area contributed by atoms with Crippen LogP contribution in [-0.4, -0.2) is 18.0 Å². The fraction of sp³-hybridized carbons (Fsp3) is 0.417. The van der Waals surface area contributed by atoms with Gasteiger partial charge in [0, 0.05) is 12.6 Å². The van der Waals surface area contributed by atoms with E-state index in [-0.39, 0.29) is 11.9 Å². The Morgan fingerprint density at radius 3 is 2.87 bits per heavy atom. The number of rotatable bonds is 4. The van der Waals surface area contributed by atoms with Gasteiger partial charge in [0.05, 0.1) is 12.5 Å². The predicted octanol–water partition coefficient (Wildman–Crippen LogP) is 2.56. The summed E-state index contributed by atoms with van der Waals surface area (Å²) in [7, 11) is 1.94. The average Bonchev–Trinajstić information content (AvgIpc) is 2.18. The van der Waals surface area contributed by atoms with Crippen LogP contribution in [0, 0.1) is 17.1 Å². The lowest BCUT2D eigenvalue weighted by molar-refractivity contribution is 0.252. The molecule has 0 radical (unpaired) electrons. The predicted molar refractivity (Wildman–Crippen MR) is 57.6 cm³/mol. The zero-order chi connectivity index (χ0) is 11.3. The Morgan fingerprint density at radius 1 is 1.53 bits per heavy atom. The Hall–Kier alpha value is -1.40. The quantitative estimate of drug-likeness (QED) is 0.757. The molecular weight excluding hydrogens is 191 g/mol. The summed E-state index contributed by atoms with van der Waals surface area (Å²) in [5, 5.41) is 8.56. The van der Waals surface area contributed by atoms with Gasteiger partial charge in [-0.25, -0.2) is 4.39 Å². The summed E-state index contributed by atoms with van der Waals surface area (Å²) in [6, 6.07) is 8.87. The lowest BCUT2D eigenvalue weighted by atomic mass is 10.1. The van der Waals surface area contributed by atoms with E-state index < -0.39 is 0 Å². The third kappa shape index (κ3) is 3.69. The van der Waals surface area contributed by atoms with Crippen molar-refractivity contribution in [1.82, 2.24) is 4.90 Å². The van der Waals surface area contributed by atoms with E-state index in [1.54, 1.807) is 6.07 Å². The summed E-state index contributed by atoms with van der Waals surface area (Å²) in [5.41, 5.74) is 0.933. The third-order valence-electron chi connectivity index (χ3n) is 2.46. The molecule has 0 bridgehead atoms. The molecule has 80 valence electrons. The molecule has 15 heavy (non-hydrogen) atoms. The van der Waals surface area contributed by atoms with Gasteiger partial charge in [0.25, 0.3) is 0 Å². The highest BCUT2D eigenvalue weighted by Gasteiger charge is 2.08. The van der Waals surface area contributed by atoms with Crippen LogP contribution < -0.4 is 0 Å². The molecule has 0 saturated heterocycles. The standard InChI is InChI=1S/C12H15FN2/c1-10(6-7-14)15(2)9-11-4-3-5-12(13)8-11/h3-5,8,10H,6,9H2,1-2H3. The minimum atomic E-state index is -0.214. The van der Waals surface area contributed by atoms with Gasteiger partial charge < -0.3 is 0 Å². The molecule has 0 aliphatic carbocycles. The summed E-state index contributed by atoms with van der Waals surface area (Å²) in [4.78, 5) is 2.04. The smallest absolute Gasteiger partial charge is 0.123 e. The number of benzene rings is 1. The van der Waals surface area contributed by atoms with E-state index in [1.165, 1.54) is 12.1 Å². The van der Waals surface area contributed by atoms with Gasteiger partial charge in [-0.1, -0.05) is 12.1 Å². The number of hydrogen-bond acceptors (Lipinski definition) is 2. The van der Waals surface area contributed by atoms with Gasteiger partial charge in [-0.3, -0.25) is 4.90 Å². The molecule has 1 aromatic rings. The SMILES string of the molecule is CC(CC#N)N(C)Cc1cccc(F)c1. The van der Waals surface area contributed by atoms with E-state index in [0.717, 1.165) is 5.56 Å². The fourth-order valence-electron chi connectivity index (χ4n) is 1.37. The molecule has 1 atom stereocenters. The first-order valence-electron chi connectivity index (χ1n) is 4.95. The van der Waals surface area contributed by atoms with Crippen molar-refractivity contribution in [3.8, 4) is 6.07 Å². The molecule has 0 aliphatic heterocycles. The van der Waals surface area contributed by atoms with Gasteiger partial charge in [0.1, 0.15) is 5.82 Å². The molecule has 1 aromatic carbocycles. The number of hydrogen-bond donors (Lipinski definition) is 0. The Kier molecular flexibility index (Phi) is 4.26. The van der Waals surface area contributed by atoms with Crippen LogP contribution in [0.1, 0.15) is 18.9 Å². The average molecular weight is 206 g/mol. The molecule has 2 nitrogen and oxygen atoms in total. The second-order valence-corrected chi connectivity index (χ2v) is 3.76. The normalized spacial score (nSPS) is 12.5. The zero-order valence-electron chi connectivity index (χ0n) is 9.07. The number of nitriles is 1. The van der Waals surface area contributed by atoms with E-state index >= 15 is 0 Å². The molecule has 0 aliphatic rings. The first kappa shape index (κ1) is 11.7. The van der Waals surface area contributed by atoms with Crippen molar-refractivity contribution in [1.29, 1.82) is 5.26 Å². The molecular formula is C12H15FN2. The van der Waals surface area contributed by atoms with Crippen LogP contribution in [0.2, 0.25) is 0 Å². The van der Waals surface area contributed by atoms with E-state index in [1.807, 2.05) is 24.9 Å². The molecule has 0 saturated carbocycles. The third-order valence-corrected chi connectivity index (χ3v) is 2.46. The highest BCUT2D eigenvalue weighted by atomic mass is 19.1. The minimum Gasteiger partial charge on any atom is -0.298 e. The summed E-state index contributed by atoms with van der Waals surface area (Å²) >= 11 is 0. The van der Waals surface area contributed by atoms with Crippen molar-refractivity contribution >= 4 is 0 Å². The Morgan fingerprint density at radius 2 is 2.27 bits per heavy atom. The number of halogens is 1. The lowest BCUT2D eigenvalue weighted by Crippen LogP contribution is -2.28. The van der Waals surface area contributed by atoms with Crippen LogP contribution in [0.25, 0.3) is 0 Å². The summed E-state index contributed by atoms with van der Waals surface area (Å²) in [6.07, 6.45) is 0.492. The maximum Gasteiger partial charge on any atom is 0.123 e. The van der Waals surface area contributed by atoms with E-state index in [4.69, 9.17) is 5.26 Å². The first-order valence-corrected chi connectivity index (χ1v) is 4.95. The van der Waals surface area contributed by atoms with Gasteiger partial charge >= 0.3 is 0 Å². The molecule has 3 heteroatoms. The summed E-state index contributed by atoms with van der Waals surface area (Å²) < 4.78 is 12.9. The molecule has 1 unspecified atom stereocenters. The summed E-state index contributed by atoms with van der Waals surface area (Å²) in [5.74, 6) is -0.214. The van der Waals surface area contributed by atoms with Crippen LogP contribution in [-0.2, 0) is 6.54 Å². The lowest BCUT2D eigenvalue weighted by Gasteiger charge is -2.22. The molecule has 0 amide bonds. The minimum absolute atomic E-state index is 0.193. The second kappa shape index (κ2) is 5.47. The van der Waals surface area contributed by atoms with E-state index in [2.05, 4.69) is 6.07 Å². The fourth-order valence-corrected chi connectivity index (χ4v) is 1.37. The summed E-state index contributed by atoms with van der Waals surface area (Å²) in [6.45, 7) is 2.66. The highest BCUT2D eigenvalue weighted by Crippen LogP contribution is 2.09. The molecule has 0 aromatic heterocycles. The topological polar surface area (TPSA) is 27.0 Å². The van der Waals surface area contributed by atoms with Crippen molar-refractivity contribution in [3.05, 3.63) is 35.6 Å². The van der Waals surface area contributed by atoms with Gasteiger partial charge in [-0.2, -0.15) is 5.26 Å². The number of nitrogens with zero attached hydrogens (tertiary/aromatic N) is 2. The monoisotopic (exact) mass is 206 g/mol. The largest absolute Gasteiger partial charge is 0.298 e. The molecule has 0 spiro atoms. The highest BCUT2D eigenvalue weighted by molar-refractivity contribution is 5.16. The van der Waals surface area contributed by atoms with Crippen molar-refractivity contribution in [2.24, 2.45) is 0 Å². The van der Waals surface area contributed by atoms with Crippen molar-refractivity contribution < 1.29 is 4.39 Å². The van der Waals surface area contributed by atoms with Gasteiger partial charge in [-0.05, 0) is 31.7 Å². The van der Waals surface area contributed by atoms with Crippen molar-refractivity contribution in [2.75, 3.05) is 7.05 Å². The maximum atomic E-state index is 12.9. The molecule has 0 heterocycles. The second-order valence-electron chi connectivity index (χ2n) is 3.76. The Bertz CT molecular complexity index is 357.